The second-order valence-corrected chi connectivity index (χ2v) is 7.98. The molecule has 2 aromatic carbocycles. The highest BCUT2D eigenvalue weighted by Gasteiger charge is 2.28. The van der Waals surface area contributed by atoms with E-state index in [1.165, 1.54) is 24.3 Å². The number of rotatable bonds is 4. The van der Waals surface area contributed by atoms with Crippen LogP contribution in [0.15, 0.2) is 54.6 Å². The van der Waals surface area contributed by atoms with Crippen LogP contribution in [0.4, 0.5) is 10.2 Å². The highest BCUT2D eigenvalue weighted by Crippen LogP contribution is 2.23. The first-order valence-electron chi connectivity index (χ1n) is 10.4. The molecule has 0 unspecified atom stereocenters. The van der Waals surface area contributed by atoms with E-state index in [4.69, 9.17) is 0 Å². The Morgan fingerprint density at radius 2 is 1.65 bits per heavy atom. The van der Waals surface area contributed by atoms with Crippen molar-refractivity contribution < 1.29 is 14.0 Å². The van der Waals surface area contributed by atoms with Crippen molar-refractivity contribution in [1.82, 2.24) is 14.7 Å². The average molecular weight is 420 g/mol. The first-order valence-corrected chi connectivity index (χ1v) is 10.4. The normalized spacial score (nSPS) is 14.5. The van der Waals surface area contributed by atoms with Crippen LogP contribution >= 0.6 is 0 Å². The van der Waals surface area contributed by atoms with Gasteiger partial charge in [0.15, 0.2) is 0 Å². The molecule has 0 bridgehead atoms. The van der Waals surface area contributed by atoms with Crippen LogP contribution in [0.5, 0.6) is 0 Å². The standard InChI is InChI=1S/C24H25FN4O2/c1-16-3-9-21(10-4-16)29-22(15-17(2)27-29)26-23(30)18-11-13-28(14-12-18)24(31)19-5-7-20(25)8-6-19/h3-10,15,18H,11-14H2,1-2H3,(H,26,30). The van der Waals surface area contributed by atoms with E-state index in [-0.39, 0.29) is 23.5 Å². The van der Waals surface area contributed by atoms with Crippen LogP contribution in [0.1, 0.15) is 34.5 Å². The summed E-state index contributed by atoms with van der Waals surface area (Å²) in [6.45, 7) is 4.89. The lowest BCUT2D eigenvalue weighted by molar-refractivity contribution is -0.121. The highest BCUT2D eigenvalue weighted by molar-refractivity contribution is 5.95. The third kappa shape index (κ3) is 4.66. The predicted molar refractivity (Wildman–Crippen MR) is 117 cm³/mol. The Morgan fingerprint density at radius 3 is 2.29 bits per heavy atom. The minimum Gasteiger partial charge on any atom is -0.339 e. The fourth-order valence-corrected chi connectivity index (χ4v) is 3.82. The van der Waals surface area contributed by atoms with Gasteiger partial charge < -0.3 is 10.2 Å². The minimum absolute atomic E-state index is 0.0675. The van der Waals surface area contributed by atoms with Crippen LogP contribution in [0.3, 0.4) is 0 Å². The number of hydrogen-bond acceptors (Lipinski definition) is 3. The fourth-order valence-electron chi connectivity index (χ4n) is 3.82. The summed E-state index contributed by atoms with van der Waals surface area (Å²) in [4.78, 5) is 27.2. The molecule has 2 amide bonds. The number of halogens is 1. The van der Waals surface area contributed by atoms with E-state index in [9.17, 15) is 14.0 Å². The first-order chi connectivity index (χ1) is 14.9. The van der Waals surface area contributed by atoms with Gasteiger partial charge in [-0.15, -0.1) is 0 Å². The van der Waals surface area contributed by atoms with Crippen LogP contribution in [-0.2, 0) is 4.79 Å². The van der Waals surface area contributed by atoms with Crippen molar-refractivity contribution in [1.29, 1.82) is 0 Å². The van der Waals surface area contributed by atoms with E-state index in [0.717, 1.165) is 16.9 Å². The molecule has 0 aliphatic carbocycles. The number of likely N-dealkylation sites (tertiary alicyclic amines) is 1. The topological polar surface area (TPSA) is 67.2 Å². The van der Waals surface area contributed by atoms with Crippen LogP contribution < -0.4 is 5.32 Å². The second kappa shape index (κ2) is 8.71. The number of aromatic nitrogens is 2. The van der Waals surface area contributed by atoms with Gasteiger partial charge in [-0.05, 0) is 63.1 Å². The Kier molecular flexibility index (Phi) is 5.84. The van der Waals surface area contributed by atoms with Crippen molar-refractivity contribution in [3.8, 4) is 5.69 Å². The Labute approximate surface area is 180 Å². The molecular weight excluding hydrogens is 395 g/mol. The number of hydrogen-bond donors (Lipinski definition) is 1. The average Bonchev–Trinajstić information content (AvgIpc) is 3.14. The van der Waals surface area contributed by atoms with Gasteiger partial charge in [0.1, 0.15) is 11.6 Å². The lowest BCUT2D eigenvalue weighted by Gasteiger charge is -2.31. The molecule has 7 heteroatoms. The predicted octanol–water partition coefficient (Wildman–Crippen LogP) is 4.12. The van der Waals surface area contributed by atoms with Crippen molar-refractivity contribution in [2.45, 2.75) is 26.7 Å². The van der Waals surface area contributed by atoms with E-state index in [1.54, 1.807) is 9.58 Å². The molecule has 1 aromatic heterocycles. The third-order valence-electron chi connectivity index (χ3n) is 5.61. The summed E-state index contributed by atoms with van der Waals surface area (Å²) < 4.78 is 14.8. The summed E-state index contributed by atoms with van der Waals surface area (Å²) in [5.74, 6) is -0.115. The summed E-state index contributed by atoms with van der Waals surface area (Å²) in [7, 11) is 0. The molecule has 1 aliphatic heterocycles. The number of carbonyl (C=O) groups is 2. The van der Waals surface area contributed by atoms with Crippen molar-refractivity contribution >= 4 is 17.6 Å². The van der Waals surface area contributed by atoms with E-state index >= 15 is 0 Å². The largest absolute Gasteiger partial charge is 0.339 e. The van der Waals surface area contributed by atoms with Crippen molar-refractivity contribution in [3.63, 3.8) is 0 Å². The molecule has 1 saturated heterocycles. The van der Waals surface area contributed by atoms with Gasteiger partial charge in [0, 0.05) is 30.6 Å². The Bertz CT molecular complexity index is 1080. The molecule has 4 rings (SSSR count). The van der Waals surface area contributed by atoms with Gasteiger partial charge in [-0.3, -0.25) is 9.59 Å². The van der Waals surface area contributed by atoms with E-state index in [2.05, 4.69) is 10.4 Å². The third-order valence-corrected chi connectivity index (χ3v) is 5.61. The molecule has 31 heavy (non-hydrogen) atoms. The molecular formula is C24H25FN4O2. The van der Waals surface area contributed by atoms with E-state index < -0.39 is 0 Å². The maximum absolute atomic E-state index is 13.1. The van der Waals surface area contributed by atoms with Gasteiger partial charge in [0.05, 0.1) is 11.4 Å². The summed E-state index contributed by atoms with van der Waals surface area (Å²) >= 11 is 0. The van der Waals surface area contributed by atoms with Gasteiger partial charge >= 0.3 is 0 Å². The molecule has 0 radical (unpaired) electrons. The maximum atomic E-state index is 13.1. The van der Waals surface area contributed by atoms with Crippen LogP contribution in [0.25, 0.3) is 5.69 Å². The number of anilines is 1. The SMILES string of the molecule is Cc1ccc(-n2nc(C)cc2NC(=O)C2CCN(C(=O)c3ccc(F)cc3)CC2)cc1. The summed E-state index contributed by atoms with van der Waals surface area (Å²) in [6.07, 6.45) is 1.16. The van der Waals surface area contributed by atoms with Gasteiger partial charge in [0.2, 0.25) is 5.91 Å². The van der Waals surface area contributed by atoms with Crippen LogP contribution in [0, 0.1) is 25.6 Å². The Hall–Kier alpha value is -3.48. The molecule has 0 saturated carbocycles. The Morgan fingerprint density at radius 1 is 1.00 bits per heavy atom. The lowest BCUT2D eigenvalue weighted by atomic mass is 9.95. The van der Waals surface area contributed by atoms with Crippen molar-refractivity contribution in [3.05, 3.63) is 77.2 Å². The molecule has 1 aliphatic rings. The second-order valence-electron chi connectivity index (χ2n) is 7.98. The van der Waals surface area contributed by atoms with Crippen LogP contribution in [0.2, 0.25) is 0 Å². The number of benzene rings is 2. The lowest BCUT2D eigenvalue weighted by Crippen LogP contribution is -2.41. The highest BCUT2D eigenvalue weighted by atomic mass is 19.1. The molecule has 3 aromatic rings. The zero-order valence-electron chi connectivity index (χ0n) is 17.6. The summed E-state index contributed by atoms with van der Waals surface area (Å²) in [6, 6.07) is 15.4. The number of aryl methyl sites for hydroxylation is 2. The first kappa shape index (κ1) is 20.8. The monoisotopic (exact) mass is 420 g/mol. The smallest absolute Gasteiger partial charge is 0.253 e. The number of piperidine rings is 1. The molecule has 0 spiro atoms. The van der Waals surface area contributed by atoms with Crippen molar-refractivity contribution in [2.75, 3.05) is 18.4 Å². The Balaban J connectivity index is 1.39. The zero-order chi connectivity index (χ0) is 22.0. The van der Waals surface area contributed by atoms with Gasteiger partial charge in [-0.1, -0.05) is 17.7 Å². The van der Waals surface area contributed by atoms with Gasteiger partial charge in [-0.25, -0.2) is 9.07 Å². The van der Waals surface area contributed by atoms with Gasteiger partial charge in [-0.2, -0.15) is 5.10 Å². The summed E-state index contributed by atoms with van der Waals surface area (Å²) in [5.41, 5.74) is 3.31. The van der Waals surface area contributed by atoms with E-state index in [1.807, 2.05) is 44.2 Å². The molecule has 6 nitrogen and oxygen atoms in total. The molecule has 0 atom stereocenters. The quantitative estimate of drug-likeness (QED) is 0.690. The van der Waals surface area contributed by atoms with Crippen LogP contribution in [-0.4, -0.2) is 39.6 Å². The number of nitrogens with zero attached hydrogens (tertiary/aromatic N) is 3. The minimum atomic E-state index is -0.368. The van der Waals surface area contributed by atoms with E-state index in [0.29, 0.717) is 37.3 Å². The maximum Gasteiger partial charge on any atom is 0.253 e. The fraction of sp³-hybridized carbons (Fsp3) is 0.292. The molecule has 2 heterocycles. The number of nitrogens with one attached hydrogen (secondary N) is 1. The molecule has 1 fully saturated rings. The number of carbonyl (C=O) groups excluding carboxylic acids is 2. The molecule has 160 valence electrons. The molecule has 1 N–H and O–H groups in total. The zero-order valence-corrected chi connectivity index (χ0v) is 17.6. The number of amides is 2. The summed E-state index contributed by atoms with van der Waals surface area (Å²) in [5, 5.41) is 7.52. The van der Waals surface area contributed by atoms with Gasteiger partial charge in [0.25, 0.3) is 5.91 Å². The van der Waals surface area contributed by atoms with Crippen molar-refractivity contribution in [2.24, 2.45) is 5.92 Å².